The van der Waals surface area contributed by atoms with Gasteiger partial charge >= 0.3 is 0 Å². The summed E-state index contributed by atoms with van der Waals surface area (Å²) >= 11 is 0. The molecule has 0 amide bonds. The van der Waals surface area contributed by atoms with Crippen LogP contribution in [0.4, 0.5) is 0 Å². The lowest BCUT2D eigenvalue weighted by atomic mass is 10.1. The van der Waals surface area contributed by atoms with Gasteiger partial charge in [-0.3, -0.25) is 0 Å². The molecule has 0 saturated carbocycles. The third-order valence-electron chi connectivity index (χ3n) is 1.83. The molecule has 0 aromatic heterocycles. The third kappa shape index (κ3) is 3.23. The van der Waals surface area contributed by atoms with Crippen LogP contribution in [0.5, 0.6) is 5.75 Å². The van der Waals surface area contributed by atoms with E-state index in [2.05, 4.69) is 0 Å². The lowest BCUT2D eigenvalue weighted by Gasteiger charge is -2.03. The second kappa shape index (κ2) is 5.45. The van der Waals surface area contributed by atoms with Gasteiger partial charge in [0.05, 0.1) is 13.2 Å². The van der Waals surface area contributed by atoms with Crippen LogP contribution in [0, 0.1) is 0 Å². The lowest BCUT2D eigenvalue weighted by molar-refractivity contribution is 0.332. The molecule has 1 aromatic rings. The number of hydrogen-bond donors (Lipinski definition) is 1. The van der Waals surface area contributed by atoms with E-state index in [0.29, 0.717) is 6.61 Å². The Kier molecular flexibility index (Phi) is 4.20. The fraction of sp³-hybridized carbons (Fsp3) is 0.333. The number of aliphatic hydroxyl groups is 1. The summed E-state index contributed by atoms with van der Waals surface area (Å²) in [5.74, 6) is 0.868. The minimum atomic E-state index is 0.0961. The molecule has 0 heterocycles. The molecule has 0 aliphatic rings. The van der Waals surface area contributed by atoms with Crippen LogP contribution in [0.2, 0.25) is 0 Å². The molecule has 0 atom stereocenters. The van der Waals surface area contributed by atoms with Gasteiger partial charge in [-0.15, -0.1) is 0 Å². The van der Waals surface area contributed by atoms with E-state index in [9.17, 15) is 0 Å². The average Bonchev–Trinajstić information content (AvgIpc) is 2.19. The molecule has 0 aliphatic carbocycles. The van der Waals surface area contributed by atoms with Crippen molar-refractivity contribution < 1.29 is 9.84 Å². The number of ether oxygens (including phenoxy) is 1. The molecule has 0 radical (unpaired) electrons. The Balaban J connectivity index is 2.83. The van der Waals surface area contributed by atoms with E-state index in [-0.39, 0.29) is 6.61 Å². The van der Waals surface area contributed by atoms with Crippen molar-refractivity contribution >= 4 is 6.08 Å². The smallest absolute Gasteiger partial charge is 0.119 e. The Hall–Kier alpha value is -1.28. The normalized spacial score (nSPS) is 11.5. The van der Waals surface area contributed by atoms with Crippen LogP contribution in [0.15, 0.2) is 29.8 Å². The lowest BCUT2D eigenvalue weighted by Crippen LogP contribution is -1.91. The van der Waals surface area contributed by atoms with E-state index in [1.54, 1.807) is 0 Å². The first-order chi connectivity index (χ1) is 6.76. The highest BCUT2D eigenvalue weighted by Gasteiger charge is 1.94. The number of rotatable bonds is 4. The van der Waals surface area contributed by atoms with Crippen molar-refractivity contribution in [2.75, 3.05) is 13.2 Å². The highest BCUT2D eigenvalue weighted by atomic mass is 16.5. The van der Waals surface area contributed by atoms with Crippen LogP contribution in [0.3, 0.4) is 0 Å². The summed E-state index contributed by atoms with van der Waals surface area (Å²) in [7, 11) is 0. The van der Waals surface area contributed by atoms with Gasteiger partial charge in [0.25, 0.3) is 0 Å². The van der Waals surface area contributed by atoms with Crippen molar-refractivity contribution in [3.05, 3.63) is 35.4 Å². The molecule has 0 spiro atoms. The summed E-state index contributed by atoms with van der Waals surface area (Å²) in [4.78, 5) is 0. The maximum Gasteiger partial charge on any atom is 0.119 e. The van der Waals surface area contributed by atoms with Crippen molar-refractivity contribution in [2.24, 2.45) is 0 Å². The standard InChI is InChI=1S/C12H16O2/c1-3-14-12-6-4-5-11(8-12)7-10(2)9-13/h4-8,13H,3,9H2,1-2H3. The maximum absolute atomic E-state index is 8.87. The average molecular weight is 192 g/mol. The van der Waals surface area contributed by atoms with Gasteiger partial charge in [0.1, 0.15) is 5.75 Å². The summed E-state index contributed by atoms with van der Waals surface area (Å²) in [6, 6.07) is 7.82. The molecule has 2 nitrogen and oxygen atoms in total. The Labute approximate surface area is 84.8 Å². The molecule has 0 fully saturated rings. The molecule has 0 aliphatic heterocycles. The van der Waals surface area contributed by atoms with Gasteiger partial charge in [-0.25, -0.2) is 0 Å². The zero-order chi connectivity index (χ0) is 10.4. The van der Waals surface area contributed by atoms with Crippen molar-refractivity contribution in [3.8, 4) is 5.75 Å². The summed E-state index contributed by atoms with van der Waals surface area (Å²) < 4.78 is 5.37. The second-order valence-corrected chi connectivity index (χ2v) is 3.15. The first-order valence-electron chi connectivity index (χ1n) is 4.77. The summed E-state index contributed by atoms with van der Waals surface area (Å²) in [6.45, 7) is 4.62. The van der Waals surface area contributed by atoms with Crippen LogP contribution >= 0.6 is 0 Å². The molecule has 0 bridgehead atoms. The SMILES string of the molecule is CCOc1cccc(C=C(C)CO)c1. The Morgan fingerprint density at radius 2 is 2.29 bits per heavy atom. The minimum absolute atomic E-state index is 0.0961. The first-order valence-corrected chi connectivity index (χ1v) is 4.77. The molecule has 1 rings (SSSR count). The van der Waals surface area contributed by atoms with Crippen molar-refractivity contribution in [1.29, 1.82) is 0 Å². The van der Waals surface area contributed by atoms with Crippen LogP contribution in [-0.4, -0.2) is 18.3 Å². The van der Waals surface area contributed by atoms with E-state index < -0.39 is 0 Å². The fourth-order valence-corrected chi connectivity index (χ4v) is 1.19. The zero-order valence-electron chi connectivity index (χ0n) is 8.66. The van der Waals surface area contributed by atoms with Gasteiger partial charge in [-0.2, -0.15) is 0 Å². The van der Waals surface area contributed by atoms with Gasteiger partial charge in [-0.1, -0.05) is 18.2 Å². The molecule has 2 heteroatoms. The van der Waals surface area contributed by atoms with Crippen molar-refractivity contribution in [1.82, 2.24) is 0 Å². The monoisotopic (exact) mass is 192 g/mol. The second-order valence-electron chi connectivity index (χ2n) is 3.15. The van der Waals surface area contributed by atoms with Crippen LogP contribution in [0.25, 0.3) is 6.08 Å². The van der Waals surface area contributed by atoms with Gasteiger partial charge in [0, 0.05) is 0 Å². The summed E-state index contributed by atoms with van der Waals surface area (Å²) in [5, 5.41) is 8.87. The van der Waals surface area contributed by atoms with Gasteiger partial charge < -0.3 is 9.84 Å². The summed E-state index contributed by atoms with van der Waals surface area (Å²) in [5.41, 5.74) is 2.00. The van der Waals surface area contributed by atoms with E-state index >= 15 is 0 Å². The summed E-state index contributed by atoms with van der Waals surface area (Å²) in [6.07, 6.45) is 1.95. The van der Waals surface area contributed by atoms with Gasteiger partial charge in [0.2, 0.25) is 0 Å². The molecule has 76 valence electrons. The molecule has 1 aromatic carbocycles. The van der Waals surface area contributed by atoms with E-state index in [1.807, 2.05) is 44.2 Å². The maximum atomic E-state index is 8.87. The third-order valence-corrected chi connectivity index (χ3v) is 1.83. The van der Waals surface area contributed by atoms with Crippen molar-refractivity contribution in [2.45, 2.75) is 13.8 Å². The Morgan fingerprint density at radius 1 is 1.50 bits per heavy atom. The van der Waals surface area contributed by atoms with Crippen LogP contribution in [-0.2, 0) is 0 Å². The molecule has 14 heavy (non-hydrogen) atoms. The zero-order valence-corrected chi connectivity index (χ0v) is 8.66. The number of hydrogen-bond acceptors (Lipinski definition) is 2. The quantitative estimate of drug-likeness (QED) is 0.794. The highest BCUT2D eigenvalue weighted by molar-refractivity contribution is 5.54. The molecule has 0 saturated heterocycles. The van der Waals surface area contributed by atoms with Crippen LogP contribution < -0.4 is 4.74 Å². The highest BCUT2D eigenvalue weighted by Crippen LogP contribution is 2.15. The molecular weight excluding hydrogens is 176 g/mol. The predicted octanol–water partition coefficient (Wildman–Crippen LogP) is 2.48. The minimum Gasteiger partial charge on any atom is -0.494 e. The Bertz CT molecular complexity index is 316. The van der Waals surface area contributed by atoms with E-state index in [4.69, 9.17) is 9.84 Å². The van der Waals surface area contributed by atoms with E-state index in [1.165, 1.54) is 0 Å². The van der Waals surface area contributed by atoms with E-state index in [0.717, 1.165) is 16.9 Å². The van der Waals surface area contributed by atoms with Crippen LogP contribution in [0.1, 0.15) is 19.4 Å². The molecule has 0 unspecified atom stereocenters. The van der Waals surface area contributed by atoms with Crippen molar-refractivity contribution in [3.63, 3.8) is 0 Å². The molecule has 1 N–H and O–H groups in total. The number of benzene rings is 1. The topological polar surface area (TPSA) is 29.5 Å². The van der Waals surface area contributed by atoms with Gasteiger partial charge in [-0.05, 0) is 37.1 Å². The fourth-order valence-electron chi connectivity index (χ4n) is 1.19. The number of aliphatic hydroxyl groups excluding tert-OH is 1. The van der Waals surface area contributed by atoms with Gasteiger partial charge in [0.15, 0.2) is 0 Å². The first kappa shape index (κ1) is 10.8. The Morgan fingerprint density at radius 3 is 2.93 bits per heavy atom. The predicted molar refractivity (Wildman–Crippen MR) is 58.3 cm³/mol. The molecular formula is C12H16O2. The largest absolute Gasteiger partial charge is 0.494 e.